The maximum atomic E-state index is 11.6. The van der Waals surface area contributed by atoms with Crippen LogP contribution in [-0.4, -0.2) is 29.3 Å². The fourth-order valence-corrected chi connectivity index (χ4v) is 0.450. The summed E-state index contributed by atoms with van der Waals surface area (Å²) in [5, 5.41) is 9.16. The van der Waals surface area contributed by atoms with Crippen molar-refractivity contribution in [2.24, 2.45) is 10.9 Å². The van der Waals surface area contributed by atoms with Gasteiger partial charge in [0.05, 0.1) is 0 Å². The largest absolute Gasteiger partial charge is 0.434 e. The molecule has 0 bridgehead atoms. The molecule has 0 saturated heterocycles. The zero-order valence-electron chi connectivity index (χ0n) is 5.82. The van der Waals surface area contributed by atoms with E-state index in [1.54, 1.807) is 0 Å². The average Bonchev–Trinajstić information content (AvgIpc) is 1.83. The average molecular weight is 210 g/mol. The van der Waals surface area contributed by atoms with E-state index in [1.165, 1.54) is 5.16 Å². The standard InChI is InChI=1S/C4H4F6N2O/c5-3(6,7)1(11)2(12-13)4(8,9)10/h1,13H,11H2. The molecule has 0 rings (SSSR count). The van der Waals surface area contributed by atoms with Crippen LogP contribution in [0.4, 0.5) is 26.3 Å². The van der Waals surface area contributed by atoms with Crippen molar-refractivity contribution in [1.82, 2.24) is 0 Å². The molecular weight excluding hydrogens is 206 g/mol. The molecule has 0 aliphatic rings. The first kappa shape index (κ1) is 12.0. The molecule has 0 amide bonds. The van der Waals surface area contributed by atoms with Gasteiger partial charge in [-0.1, -0.05) is 5.16 Å². The highest BCUT2D eigenvalue weighted by molar-refractivity contribution is 5.94. The number of hydrogen-bond donors (Lipinski definition) is 2. The van der Waals surface area contributed by atoms with Crippen molar-refractivity contribution in [1.29, 1.82) is 0 Å². The van der Waals surface area contributed by atoms with Crippen molar-refractivity contribution < 1.29 is 31.5 Å². The molecule has 0 aliphatic carbocycles. The first-order valence-corrected chi connectivity index (χ1v) is 2.72. The van der Waals surface area contributed by atoms with Gasteiger partial charge in [-0.15, -0.1) is 0 Å². The Bertz CT molecular complexity index is 206. The molecule has 0 aromatic rings. The Morgan fingerprint density at radius 2 is 1.54 bits per heavy atom. The van der Waals surface area contributed by atoms with Gasteiger partial charge in [0.2, 0.25) is 0 Å². The highest BCUT2D eigenvalue weighted by Crippen LogP contribution is 2.27. The molecule has 78 valence electrons. The Labute approximate surface area is 67.8 Å². The van der Waals surface area contributed by atoms with E-state index in [0.717, 1.165) is 0 Å². The molecule has 0 radical (unpaired) electrons. The van der Waals surface area contributed by atoms with E-state index in [2.05, 4.69) is 5.73 Å². The van der Waals surface area contributed by atoms with Crippen LogP contribution in [0.5, 0.6) is 0 Å². The quantitative estimate of drug-likeness (QED) is 0.296. The third kappa shape index (κ3) is 3.09. The van der Waals surface area contributed by atoms with Crippen molar-refractivity contribution in [3.05, 3.63) is 0 Å². The Kier molecular flexibility index (Phi) is 3.14. The molecule has 0 aliphatic heterocycles. The fraction of sp³-hybridized carbons (Fsp3) is 0.750. The lowest BCUT2D eigenvalue weighted by atomic mass is 10.2. The minimum atomic E-state index is -5.40. The number of nitrogens with two attached hydrogens (primary N) is 1. The summed E-state index contributed by atoms with van der Waals surface area (Å²) in [4.78, 5) is 0. The summed E-state index contributed by atoms with van der Waals surface area (Å²) < 4.78 is 69.7. The lowest BCUT2D eigenvalue weighted by Crippen LogP contribution is -2.50. The zero-order valence-corrected chi connectivity index (χ0v) is 5.82. The lowest BCUT2D eigenvalue weighted by Gasteiger charge is -2.18. The van der Waals surface area contributed by atoms with Crippen molar-refractivity contribution in [2.45, 2.75) is 18.4 Å². The molecule has 0 aromatic carbocycles. The van der Waals surface area contributed by atoms with Crippen molar-refractivity contribution in [3.8, 4) is 0 Å². The molecule has 0 heterocycles. The third-order valence-corrected chi connectivity index (χ3v) is 1.05. The second-order valence-corrected chi connectivity index (χ2v) is 2.00. The number of oxime groups is 1. The van der Waals surface area contributed by atoms with Gasteiger partial charge in [-0.25, -0.2) is 0 Å². The summed E-state index contributed by atoms with van der Waals surface area (Å²) in [6.07, 6.45) is -10.7. The maximum Gasteiger partial charge on any atom is 0.434 e. The minimum Gasteiger partial charge on any atom is -0.411 e. The molecule has 3 nitrogen and oxygen atoms in total. The van der Waals surface area contributed by atoms with Crippen LogP contribution in [0.3, 0.4) is 0 Å². The molecule has 3 N–H and O–H groups in total. The van der Waals surface area contributed by atoms with E-state index in [-0.39, 0.29) is 0 Å². The fourth-order valence-electron chi connectivity index (χ4n) is 0.450. The van der Waals surface area contributed by atoms with Crippen molar-refractivity contribution >= 4 is 5.71 Å². The Balaban J connectivity index is 4.84. The third-order valence-electron chi connectivity index (χ3n) is 1.05. The number of rotatable bonds is 1. The van der Waals surface area contributed by atoms with Crippen LogP contribution in [0.25, 0.3) is 0 Å². The van der Waals surface area contributed by atoms with Crippen LogP contribution >= 0.6 is 0 Å². The number of alkyl halides is 6. The first-order chi connectivity index (χ1) is 5.60. The topological polar surface area (TPSA) is 58.6 Å². The van der Waals surface area contributed by atoms with Crippen LogP contribution < -0.4 is 5.73 Å². The maximum absolute atomic E-state index is 11.6. The molecule has 0 aromatic heterocycles. The monoisotopic (exact) mass is 210 g/mol. The number of halogens is 6. The summed E-state index contributed by atoms with van der Waals surface area (Å²) in [6.45, 7) is 0. The van der Waals surface area contributed by atoms with E-state index < -0.39 is 24.1 Å². The molecule has 13 heavy (non-hydrogen) atoms. The summed E-state index contributed by atoms with van der Waals surface area (Å²) in [5.74, 6) is 0. The van der Waals surface area contributed by atoms with Gasteiger partial charge in [0.15, 0.2) is 11.8 Å². The van der Waals surface area contributed by atoms with Crippen LogP contribution in [0.2, 0.25) is 0 Å². The molecule has 0 spiro atoms. The van der Waals surface area contributed by atoms with Gasteiger partial charge < -0.3 is 10.9 Å². The summed E-state index contributed by atoms with van der Waals surface area (Å²) in [6, 6.07) is -3.34. The molecule has 1 atom stereocenters. The highest BCUT2D eigenvalue weighted by Gasteiger charge is 2.51. The smallest absolute Gasteiger partial charge is 0.411 e. The SMILES string of the molecule is NC(C(=NO)C(F)(F)F)C(F)(F)F. The van der Waals surface area contributed by atoms with Crippen molar-refractivity contribution in [2.75, 3.05) is 0 Å². The predicted molar refractivity (Wildman–Crippen MR) is 29.3 cm³/mol. The number of nitrogens with zero attached hydrogens (tertiary/aromatic N) is 1. The van der Waals surface area contributed by atoms with Crippen molar-refractivity contribution in [3.63, 3.8) is 0 Å². The van der Waals surface area contributed by atoms with E-state index in [1.807, 2.05) is 0 Å². The van der Waals surface area contributed by atoms with Gasteiger partial charge in [0, 0.05) is 0 Å². The lowest BCUT2D eigenvalue weighted by molar-refractivity contribution is -0.142. The first-order valence-electron chi connectivity index (χ1n) is 2.72. The van der Waals surface area contributed by atoms with Gasteiger partial charge in [-0.05, 0) is 0 Å². The van der Waals surface area contributed by atoms with E-state index in [0.29, 0.717) is 0 Å². The van der Waals surface area contributed by atoms with Crippen LogP contribution in [0.1, 0.15) is 0 Å². The molecule has 0 fully saturated rings. The normalized spacial score (nSPS) is 17.3. The van der Waals surface area contributed by atoms with Gasteiger partial charge in [-0.2, -0.15) is 26.3 Å². The second-order valence-electron chi connectivity index (χ2n) is 2.00. The zero-order chi connectivity index (χ0) is 10.9. The van der Waals surface area contributed by atoms with Gasteiger partial charge >= 0.3 is 12.4 Å². The van der Waals surface area contributed by atoms with E-state index in [4.69, 9.17) is 5.21 Å². The molecular formula is C4H4F6N2O. The van der Waals surface area contributed by atoms with E-state index in [9.17, 15) is 26.3 Å². The Hall–Kier alpha value is -0.990. The second kappa shape index (κ2) is 3.40. The van der Waals surface area contributed by atoms with Gasteiger partial charge in [0.25, 0.3) is 0 Å². The summed E-state index contributed by atoms with van der Waals surface area (Å²) in [5.41, 5.74) is 1.68. The molecule has 1 unspecified atom stereocenters. The number of hydrogen-bond acceptors (Lipinski definition) is 3. The van der Waals surface area contributed by atoms with Crippen LogP contribution in [0.15, 0.2) is 5.16 Å². The van der Waals surface area contributed by atoms with E-state index >= 15 is 0 Å². The van der Waals surface area contributed by atoms with Gasteiger partial charge in [-0.3, -0.25) is 0 Å². The summed E-state index contributed by atoms with van der Waals surface area (Å²) in [7, 11) is 0. The minimum absolute atomic E-state index is 1.47. The Morgan fingerprint density at radius 1 is 1.15 bits per heavy atom. The Morgan fingerprint density at radius 3 is 1.62 bits per heavy atom. The predicted octanol–water partition coefficient (Wildman–Crippen LogP) is 1.27. The van der Waals surface area contributed by atoms with Crippen LogP contribution in [0, 0.1) is 0 Å². The van der Waals surface area contributed by atoms with Crippen LogP contribution in [-0.2, 0) is 0 Å². The molecule has 9 heteroatoms. The highest BCUT2D eigenvalue weighted by atomic mass is 19.4. The molecule has 0 saturated carbocycles. The van der Waals surface area contributed by atoms with Gasteiger partial charge in [0.1, 0.15) is 0 Å². The summed E-state index contributed by atoms with van der Waals surface area (Å²) >= 11 is 0.